The van der Waals surface area contributed by atoms with E-state index in [9.17, 15) is 0 Å². The second-order valence-electron chi connectivity index (χ2n) is 5.28. The zero-order valence-electron chi connectivity index (χ0n) is 10.4. The lowest BCUT2D eigenvalue weighted by Gasteiger charge is -2.38. The van der Waals surface area contributed by atoms with Gasteiger partial charge < -0.3 is 4.90 Å². The fraction of sp³-hybridized carbons (Fsp3) is 0.692. The molecule has 2 bridgehead atoms. The third kappa shape index (κ3) is 2.01. The van der Waals surface area contributed by atoms with Crippen LogP contribution in [0.4, 0.5) is 5.82 Å². The normalized spacial score (nSPS) is 31.9. The van der Waals surface area contributed by atoms with Crippen molar-refractivity contribution in [1.82, 2.24) is 9.97 Å². The second-order valence-corrected chi connectivity index (χ2v) is 5.89. The molecule has 1 aromatic heterocycles. The van der Waals surface area contributed by atoms with Crippen molar-refractivity contribution in [2.75, 3.05) is 4.90 Å². The van der Waals surface area contributed by atoms with Gasteiger partial charge in [0, 0.05) is 29.2 Å². The molecule has 0 saturated carbocycles. The lowest BCUT2D eigenvalue weighted by Crippen LogP contribution is -2.44. The number of rotatable bonds is 1. The highest BCUT2D eigenvalue weighted by Crippen LogP contribution is 2.40. The molecule has 0 radical (unpaired) electrons. The van der Waals surface area contributed by atoms with Gasteiger partial charge in [0.2, 0.25) is 0 Å². The van der Waals surface area contributed by atoms with E-state index >= 15 is 0 Å². The predicted molar refractivity (Wildman–Crippen MR) is 69.7 cm³/mol. The maximum atomic E-state index is 6.30. The van der Waals surface area contributed by atoms with Gasteiger partial charge in [0.1, 0.15) is 11.6 Å². The van der Waals surface area contributed by atoms with Crippen LogP contribution in [0.2, 0.25) is 0 Å². The molecule has 92 valence electrons. The van der Waals surface area contributed by atoms with E-state index in [4.69, 9.17) is 11.6 Å². The minimum atomic E-state index is 0.354. The molecule has 0 N–H and O–H groups in total. The molecule has 1 aromatic rings. The van der Waals surface area contributed by atoms with Crippen LogP contribution in [-0.4, -0.2) is 27.4 Å². The van der Waals surface area contributed by atoms with Gasteiger partial charge in [-0.3, -0.25) is 0 Å². The summed E-state index contributed by atoms with van der Waals surface area (Å²) >= 11 is 6.30. The van der Waals surface area contributed by atoms with E-state index in [1.165, 1.54) is 12.8 Å². The Morgan fingerprint density at radius 3 is 2.41 bits per heavy atom. The molecule has 4 heteroatoms. The molecule has 3 nitrogen and oxygen atoms in total. The molecular weight excluding hydrogens is 234 g/mol. The third-order valence-corrected chi connectivity index (χ3v) is 4.25. The fourth-order valence-corrected chi connectivity index (χ4v) is 3.73. The molecule has 3 heterocycles. The molecule has 2 atom stereocenters. The van der Waals surface area contributed by atoms with Crippen molar-refractivity contribution in [3.63, 3.8) is 0 Å². The van der Waals surface area contributed by atoms with E-state index in [0.717, 1.165) is 30.2 Å². The summed E-state index contributed by atoms with van der Waals surface area (Å²) in [6.45, 7) is 4.00. The number of piperidine rings is 1. The summed E-state index contributed by atoms with van der Waals surface area (Å²) < 4.78 is 0. The average Bonchev–Trinajstić information content (AvgIpc) is 2.50. The lowest BCUT2D eigenvalue weighted by molar-refractivity contribution is 0.470. The third-order valence-electron chi connectivity index (χ3n) is 3.89. The van der Waals surface area contributed by atoms with Crippen LogP contribution >= 0.6 is 11.6 Å². The van der Waals surface area contributed by atoms with E-state index in [1.807, 2.05) is 13.8 Å². The highest BCUT2D eigenvalue weighted by Gasteiger charge is 2.40. The Labute approximate surface area is 107 Å². The Bertz CT molecular complexity index is 400. The number of alkyl halides is 1. The Morgan fingerprint density at radius 2 is 1.82 bits per heavy atom. The van der Waals surface area contributed by atoms with E-state index in [0.29, 0.717) is 17.5 Å². The number of halogens is 1. The van der Waals surface area contributed by atoms with Crippen molar-refractivity contribution in [2.45, 2.75) is 57.0 Å². The molecule has 0 aromatic carbocycles. The number of hydrogen-bond donors (Lipinski definition) is 0. The van der Waals surface area contributed by atoms with Gasteiger partial charge >= 0.3 is 0 Å². The van der Waals surface area contributed by atoms with Gasteiger partial charge in [0.05, 0.1) is 0 Å². The average molecular weight is 252 g/mol. The maximum Gasteiger partial charge on any atom is 0.133 e. The highest BCUT2D eigenvalue weighted by molar-refractivity contribution is 6.20. The standard InChI is InChI=1S/C13H18ClN3/c1-8-5-13(16-9(2)15-8)17-11-3-4-12(17)7-10(14)6-11/h5,10-12H,3-4,6-7H2,1-2H3. The van der Waals surface area contributed by atoms with Gasteiger partial charge in [0.15, 0.2) is 0 Å². The summed E-state index contributed by atoms with van der Waals surface area (Å²) in [6.07, 6.45) is 4.71. The summed E-state index contributed by atoms with van der Waals surface area (Å²) in [5.41, 5.74) is 1.06. The van der Waals surface area contributed by atoms with Crippen LogP contribution in [0.25, 0.3) is 0 Å². The first-order valence-electron chi connectivity index (χ1n) is 6.38. The predicted octanol–water partition coefficient (Wildman–Crippen LogP) is 2.83. The molecule has 0 aliphatic carbocycles. The number of nitrogens with zero attached hydrogens (tertiary/aromatic N) is 3. The molecule has 2 unspecified atom stereocenters. The molecule has 0 spiro atoms. The van der Waals surface area contributed by atoms with Crippen LogP contribution in [0.3, 0.4) is 0 Å². The number of aryl methyl sites for hydroxylation is 2. The minimum Gasteiger partial charge on any atom is -0.350 e. The molecule has 2 aliphatic rings. The molecular formula is C13H18ClN3. The van der Waals surface area contributed by atoms with Crippen molar-refractivity contribution in [3.8, 4) is 0 Å². The zero-order chi connectivity index (χ0) is 12.0. The first kappa shape index (κ1) is 11.3. The largest absolute Gasteiger partial charge is 0.350 e. The van der Waals surface area contributed by atoms with E-state index < -0.39 is 0 Å². The van der Waals surface area contributed by atoms with Gasteiger partial charge in [-0.05, 0) is 39.5 Å². The van der Waals surface area contributed by atoms with Crippen LogP contribution in [0.15, 0.2) is 6.07 Å². The van der Waals surface area contributed by atoms with E-state index in [-0.39, 0.29) is 0 Å². The van der Waals surface area contributed by atoms with Crippen molar-refractivity contribution in [3.05, 3.63) is 17.6 Å². The SMILES string of the molecule is Cc1cc(N2C3CCC2CC(Cl)C3)nc(C)n1. The minimum absolute atomic E-state index is 0.354. The van der Waals surface area contributed by atoms with Crippen LogP contribution in [-0.2, 0) is 0 Å². The van der Waals surface area contributed by atoms with Crippen LogP contribution in [0.1, 0.15) is 37.2 Å². The molecule has 3 rings (SSSR count). The smallest absolute Gasteiger partial charge is 0.133 e. The quantitative estimate of drug-likeness (QED) is 0.719. The first-order chi connectivity index (χ1) is 8.13. The Hall–Kier alpha value is -0.830. The summed E-state index contributed by atoms with van der Waals surface area (Å²) in [5, 5.41) is 0.354. The van der Waals surface area contributed by atoms with Crippen LogP contribution < -0.4 is 4.90 Å². The Morgan fingerprint density at radius 1 is 1.18 bits per heavy atom. The zero-order valence-corrected chi connectivity index (χ0v) is 11.1. The van der Waals surface area contributed by atoms with E-state index in [2.05, 4.69) is 20.9 Å². The fourth-order valence-electron chi connectivity index (χ4n) is 3.31. The van der Waals surface area contributed by atoms with Crippen molar-refractivity contribution in [1.29, 1.82) is 0 Å². The maximum absolute atomic E-state index is 6.30. The van der Waals surface area contributed by atoms with Gasteiger partial charge in [-0.2, -0.15) is 0 Å². The van der Waals surface area contributed by atoms with Crippen molar-refractivity contribution in [2.24, 2.45) is 0 Å². The molecule has 17 heavy (non-hydrogen) atoms. The lowest BCUT2D eigenvalue weighted by atomic mass is 10.0. The first-order valence-corrected chi connectivity index (χ1v) is 6.82. The van der Waals surface area contributed by atoms with Crippen molar-refractivity contribution >= 4 is 17.4 Å². The summed E-state index contributed by atoms with van der Waals surface area (Å²) in [6, 6.07) is 3.28. The van der Waals surface area contributed by atoms with Crippen molar-refractivity contribution < 1.29 is 0 Å². The monoisotopic (exact) mass is 251 g/mol. The summed E-state index contributed by atoms with van der Waals surface area (Å²) in [7, 11) is 0. The van der Waals surface area contributed by atoms with Crippen LogP contribution in [0.5, 0.6) is 0 Å². The number of aromatic nitrogens is 2. The second kappa shape index (κ2) is 4.13. The van der Waals surface area contributed by atoms with Gasteiger partial charge in [0.25, 0.3) is 0 Å². The van der Waals surface area contributed by atoms with Gasteiger partial charge in [-0.15, -0.1) is 11.6 Å². The highest BCUT2D eigenvalue weighted by atomic mass is 35.5. The van der Waals surface area contributed by atoms with Gasteiger partial charge in [-0.1, -0.05) is 0 Å². The summed E-state index contributed by atoms with van der Waals surface area (Å²) in [4.78, 5) is 11.4. The number of hydrogen-bond acceptors (Lipinski definition) is 3. The molecule has 2 aliphatic heterocycles. The Balaban J connectivity index is 1.94. The topological polar surface area (TPSA) is 29.0 Å². The molecule has 2 saturated heterocycles. The van der Waals surface area contributed by atoms with Gasteiger partial charge in [-0.25, -0.2) is 9.97 Å². The molecule has 0 amide bonds. The number of fused-ring (bicyclic) bond motifs is 2. The van der Waals surface area contributed by atoms with Crippen LogP contribution in [0, 0.1) is 13.8 Å². The number of anilines is 1. The van der Waals surface area contributed by atoms with E-state index in [1.54, 1.807) is 0 Å². The summed E-state index contributed by atoms with van der Waals surface area (Å²) in [5.74, 6) is 1.97. The Kier molecular flexibility index (Phi) is 2.74. The molecule has 2 fully saturated rings.